The first-order valence-electron chi connectivity index (χ1n) is 6.88. The average Bonchev–Trinajstić information content (AvgIpc) is 2.60. The monoisotopic (exact) mass is 232 g/mol. The van der Waals surface area contributed by atoms with E-state index in [1.54, 1.807) is 0 Å². The van der Waals surface area contributed by atoms with Crippen molar-refractivity contribution in [2.75, 3.05) is 0 Å². The summed E-state index contributed by atoms with van der Waals surface area (Å²) in [6.07, 6.45) is 6.77. The zero-order valence-corrected chi connectivity index (χ0v) is 10.8. The van der Waals surface area contributed by atoms with Gasteiger partial charge in [-0.2, -0.15) is 0 Å². The predicted octanol–water partition coefficient (Wildman–Crippen LogP) is 2.58. The topological polar surface area (TPSA) is 26.3 Å². The van der Waals surface area contributed by atoms with E-state index in [4.69, 9.17) is 4.74 Å². The minimum absolute atomic E-state index is 0.0883. The summed E-state index contributed by atoms with van der Waals surface area (Å²) in [5.41, 5.74) is 0.368. The third-order valence-corrected chi connectivity index (χ3v) is 6.21. The fraction of sp³-hybridized carbons (Fsp3) is 0.800. The fourth-order valence-electron chi connectivity index (χ4n) is 5.58. The van der Waals surface area contributed by atoms with E-state index in [-0.39, 0.29) is 16.9 Å². The van der Waals surface area contributed by atoms with Gasteiger partial charge in [-0.1, -0.05) is 19.9 Å². The molecule has 0 aromatic rings. The van der Waals surface area contributed by atoms with Crippen molar-refractivity contribution in [3.63, 3.8) is 0 Å². The highest BCUT2D eigenvalue weighted by atomic mass is 16.5. The molecule has 0 amide bonds. The molecular weight excluding hydrogens is 212 g/mol. The van der Waals surface area contributed by atoms with E-state index in [0.717, 1.165) is 6.42 Å². The van der Waals surface area contributed by atoms with Gasteiger partial charge in [0.15, 0.2) is 5.78 Å². The molecule has 3 aliphatic carbocycles. The van der Waals surface area contributed by atoms with Crippen LogP contribution in [0.15, 0.2) is 12.2 Å². The minimum Gasteiger partial charge on any atom is -0.371 e. The van der Waals surface area contributed by atoms with Gasteiger partial charge in [-0.05, 0) is 43.1 Å². The van der Waals surface area contributed by atoms with Crippen molar-refractivity contribution in [2.24, 2.45) is 29.1 Å². The van der Waals surface area contributed by atoms with Crippen LogP contribution in [0.25, 0.3) is 0 Å². The van der Waals surface area contributed by atoms with E-state index in [1.165, 1.54) is 6.42 Å². The molecule has 5 aliphatic rings. The van der Waals surface area contributed by atoms with Gasteiger partial charge in [-0.25, -0.2) is 0 Å². The lowest BCUT2D eigenvalue weighted by atomic mass is 9.56. The maximum atomic E-state index is 11.9. The maximum absolute atomic E-state index is 11.9. The van der Waals surface area contributed by atoms with Crippen LogP contribution in [-0.2, 0) is 9.53 Å². The minimum atomic E-state index is 0.0883. The normalized spacial score (nSPS) is 63.2. The largest absolute Gasteiger partial charge is 0.371 e. The van der Waals surface area contributed by atoms with Crippen molar-refractivity contribution in [2.45, 2.75) is 45.3 Å². The Morgan fingerprint density at radius 1 is 1.41 bits per heavy atom. The van der Waals surface area contributed by atoms with Gasteiger partial charge in [0.25, 0.3) is 0 Å². The van der Waals surface area contributed by atoms with E-state index in [9.17, 15) is 4.79 Å². The van der Waals surface area contributed by atoms with Gasteiger partial charge in [0.1, 0.15) is 0 Å². The molecule has 2 nitrogen and oxygen atoms in total. The summed E-state index contributed by atoms with van der Waals surface area (Å²) >= 11 is 0. The van der Waals surface area contributed by atoms with Gasteiger partial charge in [-0.15, -0.1) is 0 Å². The van der Waals surface area contributed by atoms with Crippen LogP contribution in [0.3, 0.4) is 0 Å². The van der Waals surface area contributed by atoms with E-state index < -0.39 is 0 Å². The molecule has 0 radical (unpaired) electrons. The van der Waals surface area contributed by atoms with Gasteiger partial charge in [-0.3, -0.25) is 4.79 Å². The molecule has 0 N–H and O–H groups in total. The molecular formula is C15H20O2. The van der Waals surface area contributed by atoms with Crippen LogP contribution in [0.2, 0.25) is 0 Å². The molecule has 2 saturated heterocycles. The Bertz CT molecular complexity index is 440. The third-order valence-electron chi connectivity index (χ3n) is 6.21. The zero-order valence-electron chi connectivity index (χ0n) is 10.8. The molecule has 7 atom stereocenters. The summed E-state index contributed by atoms with van der Waals surface area (Å²) in [5, 5.41) is 0. The number of rotatable bonds is 0. The molecule has 5 unspecified atom stereocenters. The number of hydrogen-bond acceptors (Lipinski definition) is 2. The molecule has 5 rings (SSSR count). The summed E-state index contributed by atoms with van der Waals surface area (Å²) in [7, 11) is 0. The molecule has 17 heavy (non-hydrogen) atoms. The molecule has 2 heteroatoms. The van der Waals surface area contributed by atoms with Crippen LogP contribution in [0.5, 0.6) is 0 Å². The quantitative estimate of drug-likeness (QED) is 0.641. The molecule has 92 valence electrons. The zero-order chi connectivity index (χ0) is 12.0. The van der Waals surface area contributed by atoms with Crippen LogP contribution in [0.1, 0.15) is 33.6 Å². The van der Waals surface area contributed by atoms with Crippen molar-refractivity contribution in [1.29, 1.82) is 0 Å². The van der Waals surface area contributed by atoms with Crippen molar-refractivity contribution < 1.29 is 9.53 Å². The lowest BCUT2D eigenvalue weighted by Gasteiger charge is -2.51. The van der Waals surface area contributed by atoms with Gasteiger partial charge in [0.05, 0.1) is 11.7 Å². The van der Waals surface area contributed by atoms with Crippen LogP contribution >= 0.6 is 0 Å². The summed E-state index contributed by atoms with van der Waals surface area (Å²) < 4.78 is 6.35. The standard InChI is InChI=1S/C15H20O2/c1-8-10-6-15-5-4-11(16)9(2)12(15)13(8)17-14(10,3)7-15/h4-5,8-10,12-13H,6-7H2,1-3H3/t8-,9+,10?,12?,13?,14?,15?/m0/s1. The fourth-order valence-corrected chi connectivity index (χ4v) is 5.58. The molecule has 1 spiro atoms. The summed E-state index contributed by atoms with van der Waals surface area (Å²) in [6.45, 7) is 6.71. The number of carbonyl (C=O) groups is 1. The van der Waals surface area contributed by atoms with Crippen molar-refractivity contribution in [3.05, 3.63) is 12.2 Å². The second-order valence-electron chi connectivity index (χ2n) is 7.02. The SMILES string of the molecule is C[C@@H]1C2OC3(C)CC4(C=CC(=O)[C@@H](C)C24)CC13. The average molecular weight is 232 g/mol. The van der Waals surface area contributed by atoms with Crippen LogP contribution in [-0.4, -0.2) is 17.5 Å². The van der Waals surface area contributed by atoms with E-state index in [0.29, 0.717) is 29.6 Å². The molecule has 0 aromatic carbocycles. The number of carbonyl (C=O) groups excluding carboxylic acids is 1. The summed E-state index contributed by atoms with van der Waals surface area (Å²) in [4.78, 5) is 11.9. The number of ether oxygens (including phenoxy) is 1. The predicted molar refractivity (Wildman–Crippen MR) is 64.4 cm³/mol. The second-order valence-corrected chi connectivity index (χ2v) is 7.02. The smallest absolute Gasteiger partial charge is 0.158 e. The molecule has 2 heterocycles. The first-order chi connectivity index (χ1) is 7.97. The van der Waals surface area contributed by atoms with Gasteiger partial charge in [0, 0.05) is 11.8 Å². The number of hydrogen-bond donors (Lipinski definition) is 0. The van der Waals surface area contributed by atoms with Gasteiger partial charge < -0.3 is 4.74 Å². The van der Waals surface area contributed by atoms with Crippen molar-refractivity contribution in [1.82, 2.24) is 0 Å². The Balaban J connectivity index is 1.88. The molecule has 4 fully saturated rings. The highest BCUT2D eigenvalue weighted by Gasteiger charge is 2.71. The maximum Gasteiger partial charge on any atom is 0.158 e. The Morgan fingerprint density at radius 2 is 2.18 bits per heavy atom. The molecule has 2 saturated carbocycles. The van der Waals surface area contributed by atoms with Crippen LogP contribution in [0.4, 0.5) is 0 Å². The molecule has 0 aromatic heterocycles. The van der Waals surface area contributed by atoms with E-state index in [1.807, 2.05) is 6.08 Å². The van der Waals surface area contributed by atoms with E-state index >= 15 is 0 Å². The third kappa shape index (κ3) is 0.965. The van der Waals surface area contributed by atoms with Gasteiger partial charge >= 0.3 is 0 Å². The van der Waals surface area contributed by atoms with Gasteiger partial charge in [0.2, 0.25) is 0 Å². The lowest BCUT2D eigenvalue weighted by molar-refractivity contribution is -0.153. The van der Waals surface area contributed by atoms with Crippen LogP contribution in [0, 0.1) is 29.1 Å². The van der Waals surface area contributed by atoms with Crippen LogP contribution < -0.4 is 0 Å². The second kappa shape index (κ2) is 2.69. The Kier molecular flexibility index (Phi) is 1.63. The number of allylic oxidation sites excluding steroid dienone is 2. The first kappa shape index (κ1) is 10.3. The Labute approximate surface area is 102 Å². The lowest BCUT2D eigenvalue weighted by Crippen LogP contribution is -2.52. The Hall–Kier alpha value is -0.630. The number of ketones is 1. The van der Waals surface area contributed by atoms with E-state index in [2.05, 4.69) is 26.8 Å². The summed E-state index contributed by atoms with van der Waals surface area (Å²) in [6, 6.07) is 0. The molecule has 2 aliphatic heterocycles. The summed E-state index contributed by atoms with van der Waals surface area (Å²) in [5.74, 6) is 2.21. The van der Waals surface area contributed by atoms with Crippen molar-refractivity contribution in [3.8, 4) is 0 Å². The Morgan fingerprint density at radius 3 is 2.88 bits per heavy atom. The highest BCUT2D eigenvalue weighted by molar-refractivity contribution is 5.93. The van der Waals surface area contributed by atoms with Crippen molar-refractivity contribution >= 4 is 5.78 Å². The highest BCUT2D eigenvalue weighted by Crippen LogP contribution is 2.70. The first-order valence-corrected chi connectivity index (χ1v) is 6.88. The molecule has 4 bridgehead atoms.